The summed E-state index contributed by atoms with van der Waals surface area (Å²) in [5.74, 6) is -0.235. The third kappa shape index (κ3) is 2.51. The van der Waals surface area contributed by atoms with Crippen LogP contribution in [0.1, 0.15) is 17.0 Å². The molecule has 0 aliphatic carbocycles. The summed E-state index contributed by atoms with van der Waals surface area (Å²) in [5.41, 5.74) is -0.569. The molecule has 1 amide bonds. The molecule has 0 atom stereocenters. The number of carbonyl (C=O) groups is 1. The lowest BCUT2D eigenvalue weighted by Crippen LogP contribution is -2.36. The van der Waals surface area contributed by atoms with Gasteiger partial charge in [0.25, 0.3) is 5.91 Å². The van der Waals surface area contributed by atoms with E-state index in [1.165, 1.54) is 17.2 Å². The lowest BCUT2D eigenvalue weighted by Gasteiger charge is -2.26. The van der Waals surface area contributed by atoms with E-state index >= 15 is 0 Å². The van der Waals surface area contributed by atoms with Crippen molar-refractivity contribution >= 4 is 5.91 Å². The van der Waals surface area contributed by atoms with E-state index in [0.717, 1.165) is 6.08 Å². The standard InChI is InChI=1S/C11H10F3NO2/c12-11(13,14)8-3-5-15(6-4-8)10(16)9-2-1-7-17-9/h1-3,7H,4-6H2. The van der Waals surface area contributed by atoms with Gasteiger partial charge in [-0.05, 0) is 18.6 Å². The van der Waals surface area contributed by atoms with Crippen molar-refractivity contribution in [1.29, 1.82) is 0 Å². The number of hydrogen-bond donors (Lipinski definition) is 0. The Morgan fingerprint density at radius 3 is 2.65 bits per heavy atom. The van der Waals surface area contributed by atoms with Gasteiger partial charge in [0.2, 0.25) is 0 Å². The fraction of sp³-hybridized carbons (Fsp3) is 0.364. The van der Waals surface area contributed by atoms with Crippen molar-refractivity contribution in [2.24, 2.45) is 0 Å². The monoisotopic (exact) mass is 245 g/mol. The van der Waals surface area contributed by atoms with Crippen molar-refractivity contribution < 1.29 is 22.4 Å². The molecule has 92 valence electrons. The van der Waals surface area contributed by atoms with Crippen LogP contribution in [0.3, 0.4) is 0 Å². The Labute approximate surface area is 95.5 Å². The zero-order valence-corrected chi connectivity index (χ0v) is 8.83. The number of alkyl halides is 3. The molecule has 0 N–H and O–H groups in total. The van der Waals surface area contributed by atoms with Gasteiger partial charge in [0, 0.05) is 18.7 Å². The third-order valence-electron chi connectivity index (χ3n) is 2.59. The van der Waals surface area contributed by atoms with Crippen molar-refractivity contribution in [1.82, 2.24) is 4.90 Å². The number of carbonyl (C=O) groups excluding carboxylic acids is 1. The highest BCUT2D eigenvalue weighted by atomic mass is 19.4. The van der Waals surface area contributed by atoms with Crippen LogP contribution in [0.15, 0.2) is 34.5 Å². The lowest BCUT2D eigenvalue weighted by atomic mass is 10.1. The molecule has 3 nitrogen and oxygen atoms in total. The van der Waals surface area contributed by atoms with Gasteiger partial charge in [-0.25, -0.2) is 0 Å². The highest BCUT2D eigenvalue weighted by molar-refractivity contribution is 5.91. The van der Waals surface area contributed by atoms with Gasteiger partial charge in [0.15, 0.2) is 5.76 Å². The van der Waals surface area contributed by atoms with Gasteiger partial charge in [-0.15, -0.1) is 0 Å². The number of hydrogen-bond acceptors (Lipinski definition) is 2. The summed E-state index contributed by atoms with van der Waals surface area (Å²) in [6.07, 6.45) is -2.06. The van der Waals surface area contributed by atoms with Crippen LogP contribution in [-0.4, -0.2) is 30.1 Å². The zero-order chi connectivity index (χ0) is 12.5. The van der Waals surface area contributed by atoms with Crippen molar-refractivity contribution in [3.63, 3.8) is 0 Å². The largest absolute Gasteiger partial charge is 0.459 e. The Hall–Kier alpha value is -1.72. The molecule has 1 aromatic rings. The molecule has 2 rings (SSSR count). The van der Waals surface area contributed by atoms with Gasteiger partial charge < -0.3 is 9.32 Å². The van der Waals surface area contributed by atoms with E-state index in [1.54, 1.807) is 6.07 Å². The number of amides is 1. The number of furan rings is 1. The van der Waals surface area contributed by atoms with Crippen molar-refractivity contribution in [2.45, 2.75) is 12.6 Å². The predicted molar refractivity (Wildman–Crippen MR) is 53.4 cm³/mol. The lowest BCUT2D eigenvalue weighted by molar-refractivity contribution is -0.0957. The van der Waals surface area contributed by atoms with Crippen LogP contribution in [-0.2, 0) is 0 Å². The van der Waals surface area contributed by atoms with Gasteiger partial charge in [0.05, 0.1) is 6.26 Å². The van der Waals surface area contributed by atoms with E-state index in [4.69, 9.17) is 4.42 Å². The number of halogens is 3. The van der Waals surface area contributed by atoms with E-state index in [9.17, 15) is 18.0 Å². The molecule has 0 fully saturated rings. The molecular formula is C11H10F3NO2. The maximum absolute atomic E-state index is 12.4. The van der Waals surface area contributed by atoms with E-state index in [2.05, 4.69) is 0 Å². The minimum atomic E-state index is -4.29. The van der Waals surface area contributed by atoms with Gasteiger partial charge >= 0.3 is 6.18 Å². The Kier molecular flexibility index (Phi) is 2.95. The minimum absolute atomic E-state index is 0.0334. The van der Waals surface area contributed by atoms with Gasteiger partial charge in [0.1, 0.15) is 0 Å². The molecule has 0 saturated carbocycles. The van der Waals surface area contributed by atoms with Gasteiger partial charge in [-0.2, -0.15) is 13.2 Å². The highest BCUT2D eigenvalue weighted by Gasteiger charge is 2.35. The van der Waals surface area contributed by atoms with Crippen molar-refractivity contribution in [2.75, 3.05) is 13.1 Å². The molecule has 2 heterocycles. The molecule has 0 unspecified atom stereocenters. The van der Waals surface area contributed by atoms with E-state index < -0.39 is 11.7 Å². The van der Waals surface area contributed by atoms with Gasteiger partial charge in [-0.1, -0.05) is 6.08 Å². The van der Waals surface area contributed by atoms with Crippen LogP contribution < -0.4 is 0 Å². The summed E-state index contributed by atoms with van der Waals surface area (Å²) in [7, 11) is 0. The molecule has 0 radical (unpaired) electrons. The average Bonchev–Trinajstić information content (AvgIpc) is 2.80. The van der Waals surface area contributed by atoms with E-state index in [0.29, 0.717) is 0 Å². The van der Waals surface area contributed by atoms with Crippen LogP contribution in [0.4, 0.5) is 13.2 Å². The molecule has 1 aliphatic rings. The van der Waals surface area contributed by atoms with E-state index in [-0.39, 0.29) is 31.2 Å². The smallest absolute Gasteiger partial charge is 0.412 e. The summed E-state index contributed by atoms with van der Waals surface area (Å²) in [6.45, 7) is 0.0270. The molecule has 1 aliphatic heterocycles. The molecular weight excluding hydrogens is 235 g/mol. The maximum atomic E-state index is 12.4. The molecule has 1 aromatic heterocycles. The van der Waals surface area contributed by atoms with Gasteiger partial charge in [-0.3, -0.25) is 4.79 Å². The first-order chi connectivity index (χ1) is 7.98. The maximum Gasteiger partial charge on any atom is 0.412 e. The Morgan fingerprint density at radius 1 is 1.41 bits per heavy atom. The fourth-order valence-corrected chi connectivity index (χ4v) is 1.67. The van der Waals surface area contributed by atoms with Crippen LogP contribution in [0.2, 0.25) is 0 Å². The Bertz CT molecular complexity index is 434. The molecule has 0 bridgehead atoms. The number of nitrogens with zero attached hydrogens (tertiary/aromatic N) is 1. The second-order valence-corrected chi connectivity index (χ2v) is 3.71. The van der Waals surface area contributed by atoms with Crippen LogP contribution >= 0.6 is 0 Å². The summed E-state index contributed by atoms with van der Waals surface area (Å²) in [4.78, 5) is 13.1. The zero-order valence-electron chi connectivity index (χ0n) is 8.83. The molecule has 0 saturated heterocycles. The first kappa shape index (κ1) is 11.8. The first-order valence-corrected chi connectivity index (χ1v) is 5.07. The summed E-state index contributed by atoms with van der Waals surface area (Å²) in [5, 5.41) is 0. The molecule has 17 heavy (non-hydrogen) atoms. The second kappa shape index (κ2) is 4.27. The van der Waals surface area contributed by atoms with Crippen LogP contribution in [0.5, 0.6) is 0 Å². The van der Waals surface area contributed by atoms with Crippen LogP contribution in [0.25, 0.3) is 0 Å². The quantitative estimate of drug-likeness (QED) is 0.712. The van der Waals surface area contributed by atoms with Crippen molar-refractivity contribution in [3.8, 4) is 0 Å². The molecule has 0 aromatic carbocycles. The molecule has 0 spiro atoms. The summed E-state index contributed by atoms with van der Waals surface area (Å²) < 4.78 is 42.0. The fourth-order valence-electron chi connectivity index (χ4n) is 1.67. The summed E-state index contributed by atoms with van der Waals surface area (Å²) >= 11 is 0. The van der Waals surface area contributed by atoms with Crippen LogP contribution in [0, 0.1) is 0 Å². The first-order valence-electron chi connectivity index (χ1n) is 5.07. The van der Waals surface area contributed by atoms with E-state index in [1.807, 2.05) is 0 Å². The highest BCUT2D eigenvalue weighted by Crippen LogP contribution is 2.30. The minimum Gasteiger partial charge on any atom is -0.459 e. The summed E-state index contributed by atoms with van der Waals surface area (Å²) in [6, 6.07) is 3.06. The topological polar surface area (TPSA) is 33.5 Å². The Balaban J connectivity index is 2.05. The third-order valence-corrected chi connectivity index (χ3v) is 2.59. The number of rotatable bonds is 1. The van der Waals surface area contributed by atoms with Crippen molar-refractivity contribution in [3.05, 3.63) is 35.8 Å². The predicted octanol–water partition coefficient (Wildman–Crippen LogP) is 2.61. The second-order valence-electron chi connectivity index (χ2n) is 3.71. The Morgan fingerprint density at radius 2 is 2.18 bits per heavy atom. The normalized spacial score (nSPS) is 16.9. The molecule has 6 heteroatoms. The SMILES string of the molecule is O=C(c1ccco1)N1CC=C(C(F)(F)F)CC1. The average molecular weight is 245 g/mol.